The molecule has 1 fully saturated rings. The first-order chi connectivity index (χ1) is 16.4. The lowest BCUT2D eigenvalue weighted by Gasteiger charge is -2.29. The summed E-state index contributed by atoms with van der Waals surface area (Å²) in [6, 6.07) is 13.8. The van der Waals surface area contributed by atoms with Crippen LogP contribution in [0.5, 0.6) is 0 Å². The molecule has 2 aliphatic heterocycles. The molecule has 7 nitrogen and oxygen atoms in total. The van der Waals surface area contributed by atoms with Crippen LogP contribution in [0.1, 0.15) is 39.6 Å². The molecule has 1 aromatic carbocycles. The predicted molar refractivity (Wildman–Crippen MR) is 133 cm³/mol. The number of hydrogen-bond donors (Lipinski definition) is 0. The summed E-state index contributed by atoms with van der Waals surface area (Å²) in [5.74, 6) is 0.170. The maximum absolute atomic E-state index is 13.9. The Bertz CT molecular complexity index is 1520. The van der Waals surface area contributed by atoms with Crippen molar-refractivity contribution in [1.82, 2.24) is 19.7 Å². The number of pyridine rings is 1. The summed E-state index contributed by atoms with van der Waals surface area (Å²) in [5.41, 5.74) is 5.05. The largest absolute Gasteiger partial charge is 0.334 e. The van der Waals surface area contributed by atoms with E-state index in [1.54, 1.807) is 16.0 Å². The van der Waals surface area contributed by atoms with Crippen LogP contribution in [0, 0.1) is 6.92 Å². The maximum Gasteiger partial charge on any atom is 0.255 e. The van der Waals surface area contributed by atoms with Gasteiger partial charge in [-0.3, -0.25) is 4.79 Å². The van der Waals surface area contributed by atoms with Gasteiger partial charge in [0.05, 0.1) is 44.8 Å². The third kappa shape index (κ3) is 3.63. The van der Waals surface area contributed by atoms with Gasteiger partial charge >= 0.3 is 0 Å². The lowest BCUT2D eigenvalue weighted by Crippen LogP contribution is -2.36. The molecule has 0 aliphatic carbocycles. The van der Waals surface area contributed by atoms with Crippen molar-refractivity contribution in [1.29, 1.82) is 0 Å². The van der Waals surface area contributed by atoms with Gasteiger partial charge in [0.15, 0.2) is 15.5 Å². The third-order valence-electron chi connectivity index (χ3n) is 6.81. The Labute approximate surface area is 202 Å². The van der Waals surface area contributed by atoms with Crippen LogP contribution in [-0.2, 0) is 22.8 Å². The van der Waals surface area contributed by atoms with E-state index in [9.17, 15) is 13.2 Å². The molecular weight excluding hydrogens is 468 g/mol. The van der Waals surface area contributed by atoms with Crippen molar-refractivity contribution in [3.05, 3.63) is 70.2 Å². The highest BCUT2D eigenvalue weighted by Gasteiger charge is 2.33. The Morgan fingerprint density at radius 2 is 1.97 bits per heavy atom. The molecule has 1 saturated heterocycles. The highest BCUT2D eigenvalue weighted by molar-refractivity contribution is 7.91. The van der Waals surface area contributed by atoms with Crippen molar-refractivity contribution in [2.24, 2.45) is 0 Å². The fourth-order valence-electron chi connectivity index (χ4n) is 5.09. The van der Waals surface area contributed by atoms with Crippen LogP contribution in [0.25, 0.3) is 21.6 Å². The Kier molecular flexibility index (Phi) is 5.07. The van der Waals surface area contributed by atoms with Crippen molar-refractivity contribution < 1.29 is 13.2 Å². The molecule has 2 aliphatic rings. The molecule has 1 amide bonds. The first-order valence-corrected chi connectivity index (χ1v) is 14.1. The number of aryl methyl sites for hydroxylation is 1. The molecule has 9 heteroatoms. The zero-order valence-electron chi connectivity index (χ0n) is 18.8. The summed E-state index contributed by atoms with van der Waals surface area (Å²) in [5, 5.41) is 7.40. The van der Waals surface area contributed by atoms with Crippen molar-refractivity contribution in [2.75, 3.05) is 18.1 Å². The number of carbonyl (C=O) groups is 1. The average Bonchev–Trinajstić information content (AvgIpc) is 3.57. The zero-order chi connectivity index (χ0) is 23.4. The second-order valence-corrected chi connectivity index (χ2v) is 12.2. The number of rotatable bonds is 3. The minimum atomic E-state index is -3.09. The SMILES string of the molecule is Cc1nn(C2CCS(=O)(=O)C2)c2nc(-c3cccs3)cc(C(=O)N3CCc4ccccc4C3)c12. The molecule has 3 aromatic heterocycles. The van der Waals surface area contributed by atoms with Crippen LogP contribution in [0.4, 0.5) is 0 Å². The molecule has 1 unspecified atom stereocenters. The van der Waals surface area contributed by atoms with E-state index in [0.717, 1.165) is 11.3 Å². The first-order valence-electron chi connectivity index (χ1n) is 11.4. The van der Waals surface area contributed by atoms with Gasteiger partial charge in [-0.05, 0) is 48.4 Å². The minimum Gasteiger partial charge on any atom is -0.334 e. The normalized spacial score (nSPS) is 19.4. The highest BCUT2D eigenvalue weighted by Crippen LogP contribution is 2.34. The third-order valence-corrected chi connectivity index (χ3v) is 9.46. The van der Waals surface area contributed by atoms with Crippen LogP contribution in [0.3, 0.4) is 0 Å². The van der Waals surface area contributed by atoms with Gasteiger partial charge in [-0.1, -0.05) is 30.3 Å². The number of carbonyl (C=O) groups excluding carboxylic acids is 1. The average molecular weight is 493 g/mol. The molecule has 1 atom stereocenters. The summed E-state index contributed by atoms with van der Waals surface area (Å²) >= 11 is 1.56. The van der Waals surface area contributed by atoms with E-state index in [4.69, 9.17) is 10.1 Å². The van der Waals surface area contributed by atoms with E-state index in [1.165, 1.54) is 11.1 Å². The van der Waals surface area contributed by atoms with Crippen molar-refractivity contribution >= 4 is 38.1 Å². The Morgan fingerprint density at radius 3 is 2.71 bits per heavy atom. The molecule has 0 bridgehead atoms. The van der Waals surface area contributed by atoms with Gasteiger partial charge < -0.3 is 4.90 Å². The molecule has 4 aromatic rings. The number of fused-ring (bicyclic) bond motifs is 2. The van der Waals surface area contributed by atoms with Crippen molar-refractivity contribution in [3.8, 4) is 10.6 Å². The van der Waals surface area contributed by atoms with Crippen molar-refractivity contribution in [2.45, 2.75) is 32.4 Å². The number of thiophene rings is 1. The van der Waals surface area contributed by atoms with Gasteiger partial charge in [0, 0.05) is 13.1 Å². The Balaban J connectivity index is 1.49. The number of aromatic nitrogens is 3. The molecular formula is C25H24N4O3S2. The summed E-state index contributed by atoms with van der Waals surface area (Å²) in [6.45, 7) is 3.10. The highest BCUT2D eigenvalue weighted by atomic mass is 32.2. The van der Waals surface area contributed by atoms with E-state index < -0.39 is 9.84 Å². The summed E-state index contributed by atoms with van der Waals surface area (Å²) in [4.78, 5) is 21.7. The smallest absolute Gasteiger partial charge is 0.255 e. The van der Waals surface area contributed by atoms with E-state index in [2.05, 4.69) is 12.1 Å². The molecule has 6 rings (SSSR count). The molecule has 174 valence electrons. The Hall–Kier alpha value is -3.04. The molecule has 0 N–H and O–H groups in total. The molecule has 0 radical (unpaired) electrons. The fraction of sp³-hybridized carbons (Fsp3) is 0.320. The van der Waals surface area contributed by atoms with E-state index in [-0.39, 0.29) is 23.5 Å². The second kappa shape index (κ2) is 8.02. The number of nitrogens with zero attached hydrogens (tertiary/aromatic N) is 4. The quantitative estimate of drug-likeness (QED) is 0.431. The molecule has 5 heterocycles. The monoisotopic (exact) mass is 492 g/mol. The van der Waals surface area contributed by atoms with Gasteiger partial charge in [0.25, 0.3) is 5.91 Å². The number of sulfone groups is 1. The molecule has 0 saturated carbocycles. The lowest BCUT2D eigenvalue weighted by atomic mass is 9.98. The Morgan fingerprint density at radius 1 is 1.15 bits per heavy atom. The summed E-state index contributed by atoms with van der Waals surface area (Å²) < 4.78 is 26.1. The van der Waals surface area contributed by atoms with Gasteiger partial charge in [-0.2, -0.15) is 5.10 Å². The standard InChI is InChI=1S/C25H24N4O3S2/c1-16-23-20(25(30)28-10-8-17-5-2-3-6-18(17)14-28)13-21(22-7-4-11-33-22)26-24(23)29(27-16)19-9-12-34(31,32)15-19/h2-7,11,13,19H,8-10,12,14-15H2,1H3. The molecule has 34 heavy (non-hydrogen) atoms. The van der Waals surface area contributed by atoms with Gasteiger partial charge in [0.1, 0.15) is 0 Å². The lowest BCUT2D eigenvalue weighted by molar-refractivity contribution is 0.0736. The van der Waals surface area contributed by atoms with Crippen LogP contribution >= 0.6 is 11.3 Å². The van der Waals surface area contributed by atoms with Gasteiger partial charge in [0.2, 0.25) is 0 Å². The van der Waals surface area contributed by atoms with E-state index in [1.807, 2.05) is 47.5 Å². The van der Waals surface area contributed by atoms with E-state index in [0.29, 0.717) is 47.5 Å². The van der Waals surface area contributed by atoms with Gasteiger partial charge in [-0.25, -0.2) is 18.1 Å². The second-order valence-electron chi connectivity index (χ2n) is 9.06. The van der Waals surface area contributed by atoms with Crippen LogP contribution in [0.2, 0.25) is 0 Å². The topological polar surface area (TPSA) is 85.2 Å². The summed E-state index contributed by atoms with van der Waals surface area (Å²) in [6.07, 6.45) is 1.34. The predicted octanol–water partition coefficient (Wildman–Crippen LogP) is 4.03. The fourth-order valence-corrected chi connectivity index (χ4v) is 7.47. The number of hydrogen-bond acceptors (Lipinski definition) is 6. The maximum atomic E-state index is 13.9. The molecule has 0 spiro atoms. The van der Waals surface area contributed by atoms with Crippen molar-refractivity contribution in [3.63, 3.8) is 0 Å². The van der Waals surface area contributed by atoms with Crippen LogP contribution in [0.15, 0.2) is 47.8 Å². The van der Waals surface area contributed by atoms with E-state index >= 15 is 0 Å². The van der Waals surface area contributed by atoms with Crippen LogP contribution in [-0.4, -0.2) is 52.0 Å². The zero-order valence-corrected chi connectivity index (χ0v) is 20.4. The summed E-state index contributed by atoms with van der Waals surface area (Å²) in [7, 11) is -3.09. The number of amides is 1. The van der Waals surface area contributed by atoms with Crippen LogP contribution < -0.4 is 0 Å². The van der Waals surface area contributed by atoms with Gasteiger partial charge in [-0.15, -0.1) is 11.3 Å². The first kappa shape index (κ1) is 21.5. The number of benzene rings is 1. The minimum absolute atomic E-state index is 0.0404.